The number of urea groups is 1. The van der Waals surface area contributed by atoms with Crippen molar-refractivity contribution in [2.24, 2.45) is 0 Å². The van der Waals surface area contributed by atoms with Crippen LogP contribution in [0.25, 0.3) is 0 Å². The molecule has 1 fully saturated rings. The molecular formula is C18H24N6O2. The van der Waals surface area contributed by atoms with E-state index in [1.807, 2.05) is 43.3 Å². The van der Waals surface area contributed by atoms with Gasteiger partial charge in [-0.2, -0.15) is 5.10 Å². The zero-order valence-corrected chi connectivity index (χ0v) is 15.3. The van der Waals surface area contributed by atoms with Crippen molar-refractivity contribution in [2.45, 2.75) is 0 Å². The molecule has 1 aromatic heterocycles. The first-order valence-electron chi connectivity index (χ1n) is 8.52. The number of aromatic nitrogens is 2. The first-order chi connectivity index (χ1) is 12.6. The summed E-state index contributed by atoms with van der Waals surface area (Å²) in [5.74, 6) is 1.55. The Morgan fingerprint density at radius 3 is 2.65 bits per heavy atom. The average molecular weight is 356 g/mol. The number of piperazine rings is 1. The molecule has 1 aliphatic heterocycles. The number of ether oxygens (including phenoxy) is 1. The van der Waals surface area contributed by atoms with E-state index in [9.17, 15) is 4.79 Å². The highest BCUT2D eigenvalue weighted by Crippen LogP contribution is 2.20. The van der Waals surface area contributed by atoms with Gasteiger partial charge in [-0.25, -0.2) is 4.79 Å². The van der Waals surface area contributed by atoms with E-state index >= 15 is 0 Å². The van der Waals surface area contributed by atoms with Gasteiger partial charge in [-0.15, -0.1) is 5.10 Å². The molecule has 2 aromatic rings. The van der Waals surface area contributed by atoms with Crippen molar-refractivity contribution in [1.82, 2.24) is 15.1 Å². The maximum atomic E-state index is 12.5. The van der Waals surface area contributed by atoms with Gasteiger partial charge >= 0.3 is 6.03 Å². The number of hydrogen-bond acceptors (Lipinski definition) is 6. The van der Waals surface area contributed by atoms with Crippen molar-refractivity contribution in [3.63, 3.8) is 0 Å². The number of carbonyl (C=O) groups is 1. The Bertz CT molecular complexity index is 759. The standard InChI is InChI=1S/C18H24N6O2/c1-22(2)15-12-17(21-19-13-15)23-7-9-24(10-8-23)18(25)20-14-5-4-6-16(11-14)26-3/h4-6,11-13H,7-10H2,1-3H3,(H,20,25). The molecule has 0 radical (unpaired) electrons. The minimum atomic E-state index is -0.106. The molecule has 0 aliphatic carbocycles. The second kappa shape index (κ2) is 7.90. The van der Waals surface area contributed by atoms with E-state index in [0.29, 0.717) is 18.8 Å². The van der Waals surface area contributed by atoms with Crippen LogP contribution in [0.3, 0.4) is 0 Å². The molecule has 0 saturated carbocycles. The average Bonchev–Trinajstić information content (AvgIpc) is 2.68. The Balaban J connectivity index is 1.57. The number of rotatable bonds is 4. The summed E-state index contributed by atoms with van der Waals surface area (Å²) in [4.78, 5) is 18.4. The fourth-order valence-electron chi connectivity index (χ4n) is 2.79. The molecule has 1 aromatic carbocycles. The summed E-state index contributed by atoms with van der Waals surface area (Å²) in [5, 5.41) is 11.2. The maximum absolute atomic E-state index is 12.5. The molecule has 1 saturated heterocycles. The molecule has 3 rings (SSSR count). The van der Waals surface area contributed by atoms with Crippen molar-refractivity contribution in [1.29, 1.82) is 0 Å². The quantitative estimate of drug-likeness (QED) is 0.902. The van der Waals surface area contributed by atoms with Crippen LogP contribution in [0.1, 0.15) is 0 Å². The summed E-state index contributed by atoms with van der Waals surface area (Å²) in [6, 6.07) is 9.25. The lowest BCUT2D eigenvalue weighted by molar-refractivity contribution is 0.208. The molecule has 1 aliphatic rings. The van der Waals surface area contributed by atoms with Crippen molar-refractivity contribution in [3.05, 3.63) is 36.5 Å². The van der Waals surface area contributed by atoms with Crippen LogP contribution in [0.15, 0.2) is 36.5 Å². The van der Waals surface area contributed by atoms with Gasteiger partial charge in [-0.1, -0.05) is 6.07 Å². The number of anilines is 3. The topological polar surface area (TPSA) is 73.8 Å². The lowest BCUT2D eigenvalue weighted by Crippen LogP contribution is -2.50. The Labute approximate surface area is 153 Å². The number of methoxy groups -OCH3 is 1. The zero-order chi connectivity index (χ0) is 18.5. The van der Waals surface area contributed by atoms with Crippen LogP contribution in [0.2, 0.25) is 0 Å². The number of carbonyl (C=O) groups excluding carboxylic acids is 1. The summed E-state index contributed by atoms with van der Waals surface area (Å²) in [7, 11) is 5.55. The van der Waals surface area contributed by atoms with Gasteiger partial charge < -0.3 is 24.8 Å². The lowest BCUT2D eigenvalue weighted by atomic mass is 10.3. The molecule has 0 atom stereocenters. The molecule has 26 heavy (non-hydrogen) atoms. The molecule has 2 amide bonds. The van der Waals surface area contributed by atoms with Gasteiger partial charge in [0.05, 0.1) is 19.0 Å². The van der Waals surface area contributed by atoms with Crippen molar-refractivity contribution in [3.8, 4) is 5.75 Å². The normalized spacial score (nSPS) is 14.1. The molecule has 0 bridgehead atoms. The minimum Gasteiger partial charge on any atom is -0.497 e. The highest BCUT2D eigenvalue weighted by atomic mass is 16.5. The van der Waals surface area contributed by atoms with E-state index in [-0.39, 0.29) is 6.03 Å². The number of benzene rings is 1. The van der Waals surface area contributed by atoms with Gasteiger partial charge in [0.1, 0.15) is 5.75 Å². The van der Waals surface area contributed by atoms with E-state index in [0.717, 1.165) is 30.3 Å². The van der Waals surface area contributed by atoms with Crippen molar-refractivity contribution < 1.29 is 9.53 Å². The van der Waals surface area contributed by atoms with Crippen LogP contribution < -0.4 is 19.9 Å². The Morgan fingerprint density at radius 2 is 1.96 bits per heavy atom. The smallest absolute Gasteiger partial charge is 0.321 e. The van der Waals surface area contributed by atoms with Gasteiger partial charge in [-0.05, 0) is 12.1 Å². The van der Waals surface area contributed by atoms with Crippen LogP contribution in [0.5, 0.6) is 5.75 Å². The van der Waals surface area contributed by atoms with E-state index in [1.54, 1.807) is 24.3 Å². The Hall–Kier alpha value is -3.03. The second-order valence-electron chi connectivity index (χ2n) is 6.30. The maximum Gasteiger partial charge on any atom is 0.321 e. The largest absolute Gasteiger partial charge is 0.497 e. The van der Waals surface area contributed by atoms with Crippen LogP contribution in [-0.4, -0.2) is 68.5 Å². The molecule has 0 spiro atoms. The highest BCUT2D eigenvalue weighted by Gasteiger charge is 2.22. The van der Waals surface area contributed by atoms with E-state index in [2.05, 4.69) is 20.4 Å². The molecule has 8 nitrogen and oxygen atoms in total. The molecule has 8 heteroatoms. The van der Waals surface area contributed by atoms with Crippen molar-refractivity contribution >= 4 is 23.2 Å². The van der Waals surface area contributed by atoms with Crippen LogP contribution in [0, 0.1) is 0 Å². The summed E-state index contributed by atoms with van der Waals surface area (Å²) >= 11 is 0. The monoisotopic (exact) mass is 356 g/mol. The fourth-order valence-corrected chi connectivity index (χ4v) is 2.79. The van der Waals surface area contributed by atoms with Gasteiger partial charge in [0, 0.05) is 58.1 Å². The SMILES string of the molecule is COc1cccc(NC(=O)N2CCN(c3cc(N(C)C)cnn3)CC2)c1. The highest BCUT2D eigenvalue weighted by molar-refractivity contribution is 5.89. The molecular weight excluding hydrogens is 332 g/mol. The third-order valence-electron chi connectivity index (χ3n) is 4.36. The van der Waals surface area contributed by atoms with E-state index < -0.39 is 0 Å². The number of hydrogen-bond donors (Lipinski definition) is 1. The summed E-state index contributed by atoms with van der Waals surface area (Å²) in [5.41, 5.74) is 1.73. The number of nitrogens with one attached hydrogen (secondary N) is 1. The predicted octanol–water partition coefficient (Wildman–Crippen LogP) is 1.91. The van der Waals surface area contributed by atoms with Gasteiger partial charge in [0.15, 0.2) is 5.82 Å². The Kier molecular flexibility index (Phi) is 5.40. The summed E-state index contributed by atoms with van der Waals surface area (Å²) in [6.07, 6.45) is 1.74. The lowest BCUT2D eigenvalue weighted by Gasteiger charge is -2.35. The molecule has 2 heterocycles. The molecule has 138 valence electrons. The van der Waals surface area contributed by atoms with E-state index in [1.165, 1.54) is 0 Å². The van der Waals surface area contributed by atoms with E-state index in [4.69, 9.17) is 4.74 Å². The molecule has 0 unspecified atom stereocenters. The van der Waals surface area contributed by atoms with Gasteiger partial charge in [0.25, 0.3) is 0 Å². The third-order valence-corrected chi connectivity index (χ3v) is 4.36. The fraction of sp³-hybridized carbons (Fsp3) is 0.389. The van der Waals surface area contributed by atoms with Crippen molar-refractivity contribution in [2.75, 3.05) is 62.5 Å². The van der Waals surface area contributed by atoms with Crippen LogP contribution in [-0.2, 0) is 0 Å². The van der Waals surface area contributed by atoms with Gasteiger partial charge in [-0.3, -0.25) is 0 Å². The predicted molar refractivity (Wildman–Crippen MR) is 102 cm³/mol. The first kappa shape index (κ1) is 17.8. The van der Waals surface area contributed by atoms with Crippen LogP contribution >= 0.6 is 0 Å². The first-order valence-corrected chi connectivity index (χ1v) is 8.52. The third kappa shape index (κ3) is 4.14. The zero-order valence-electron chi connectivity index (χ0n) is 15.3. The second-order valence-corrected chi connectivity index (χ2v) is 6.30. The number of nitrogens with zero attached hydrogens (tertiary/aromatic N) is 5. The molecule has 1 N–H and O–H groups in total. The van der Waals surface area contributed by atoms with Crippen LogP contribution in [0.4, 0.5) is 22.0 Å². The minimum absolute atomic E-state index is 0.106. The summed E-state index contributed by atoms with van der Waals surface area (Å²) in [6.45, 7) is 2.70. The Morgan fingerprint density at radius 1 is 1.19 bits per heavy atom. The number of amides is 2. The van der Waals surface area contributed by atoms with Gasteiger partial charge in [0.2, 0.25) is 0 Å². The summed E-state index contributed by atoms with van der Waals surface area (Å²) < 4.78 is 5.18.